The smallest absolute Gasteiger partial charge is 0.141 e. The largest absolute Gasteiger partial charge is 0.508 e. The van der Waals surface area contributed by atoms with Crippen molar-refractivity contribution in [3.8, 4) is 11.5 Å². The summed E-state index contributed by atoms with van der Waals surface area (Å²) in [7, 11) is 1.69. The fraction of sp³-hybridized carbons (Fsp3) is 0.667. The first-order chi connectivity index (χ1) is 11.7. The van der Waals surface area contributed by atoms with Crippen LogP contribution in [0.2, 0.25) is 0 Å². The van der Waals surface area contributed by atoms with Crippen LogP contribution in [0.25, 0.3) is 0 Å². The highest BCUT2D eigenvalue weighted by Gasteiger charge is 2.56. The fourth-order valence-electron chi connectivity index (χ4n) is 5.43. The van der Waals surface area contributed by atoms with Crippen molar-refractivity contribution in [1.29, 1.82) is 0 Å². The highest BCUT2D eigenvalue weighted by atomic mass is 16.5. The van der Waals surface area contributed by atoms with E-state index < -0.39 is 5.41 Å². The van der Waals surface area contributed by atoms with Crippen LogP contribution < -0.4 is 4.74 Å². The Labute approximate surface area is 150 Å². The zero-order valence-electron chi connectivity index (χ0n) is 16.0. The number of ketones is 1. The number of methoxy groups -OCH3 is 1. The molecule has 1 fully saturated rings. The maximum atomic E-state index is 12.6. The number of ether oxygens (including phenoxy) is 1. The second-order valence-corrected chi connectivity index (χ2v) is 8.53. The summed E-state index contributed by atoms with van der Waals surface area (Å²) in [4.78, 5) is 12.6. The van der Waals surface area contributed by atoms with Crippen LogP contribution in [0.5, 0.6) is 11.5 Å². The Bertz CT molecular complexity index is 708. The molecule has 0 radical (unpaired) electrons. The van der Waals surface area contributed by atoms with Gasteiger partial charge in [-0.2, -0.15) is 0 Å². The number of aliphatic hydroxyl groups is 1. The summed E-state index contributed by atoms with van der Waals surface area (Å²) < 4.78 is 5.76. The fourth-order valence-corrected chi connectivity index (χ4v) is 5.43. The minimum atomic E-state index is -0.735. The average molecular weight is 346 g/mol. The molecule has 1 aromatic rings. The lowest BCUT2D eigenvalue weighted by molar-refractivity contribution is -0.142. The van der Waals surface area contributed by atoms with Gasteiger partial charge in [-0.15, -0.1) is 0 Å². The van der Waals surface area contributed by atoms with Crippen LogP contribution >= 0.6 is 0 Å². The van der Waals surface area contributed by atoms with Gasteiger partial charge in [0.2, 0.25) is 0 Å². The number of fused-ring (bicyclic) bond motifs is 3. The molecule has 2 N–H and O–H groups in total. The summed E-state index contributed by atoms with van der Waals surface area (Å²) in [6, 6.07) is 1.84. The number of benzene rings is 1. The molecule has 0 spiro atoms. The SMILES string of the molecule is COc1c(C(C)C)cc(O)c2c1CC[C@@H]1[C@@]2(C)CCC(=O)[C@@]1(C)CO. The molecule has 2 aliphatic rings. The first kappa shape index (κ1) is 18.2. The summed E-state index contributed by atoms with van der Waals surface area (Å²) in [6.07, 6.45) is 2.73. The van der Waals surface area contributed by atoms with Gasteiger partial charge < -0.3 is 14.9 Å². The van der Waals surface area contributed by atoms with Crippen molar-refractivity contribution in [2.45, 2.75) is 64.7 Å². The third kappa shape index (κ3) is 2.41. The maximum absolute atomic E-state index is 12.6. The number of Topliss-reactive ketones (excluding diaryl/α,β-unsaturated/α-hetero) is 1. The quantitative estimate of drug-likeness (QED) is 0.876. The number of aromatic hydroxyl groups is 1. The molecule has 1 saturated carbocycles. The van der Waals surface area contributed by atoms with Crippen molar-refractivity contribution in [3.05, 3.63) is 22.8 Å². The van der Waals surface area contributed by atoms with E-state index in [-0.39, 0.29) is 29.6 Å². The van der Waals surface area contributed by atoms with Crippen molar-refractivity contribution >= 4 is 5.78 Å². The van der Waals surface area contributed by atoms with E-state index in [1.54, 1.807) is 7.11 Å². The Kier molecular flexibility index (Phi) is 4.39. The van der Waals surface area contributed by atoms with Crippen LogP contribution in [0.3, 0.4) is 0 Å². The van der Waals surface area contributed by atoms with E-state index in [0.717, 1.165) is 35.3 Å². The number of aliphatic hydroxyl groups excluding tert-OH is 1. The van der Waals surface area contributed by atoms with Crippen molar-refractivity contribution < 1.29 is 19.7 Å². The third-order valence-corrected chi connectivity index (χ3v) is 6.84. The minimum absolute atomic E-state index is 0.0271. The highest BCUT2D eigenvalue weighted by molar-refractivity contribution is 5.86. The average Bonchev–Trinajstić information content (AvgIpc) is 2.57. The Morgan fingerprint density at radius 3 is 2.56 bits per heavy atom. The van der Waals surface area contributed by atoms with E-state index in [0.29, 0.717) is 18.6 Å². The zero-order chi connectivity index (χ0) is 18.6. The zero-order valence-corrected chi connectivity index (χ0v) is 16.0. The van der Waals surface area contributed by atoms with Gasteiger partial charge in [-0.1, -0.05) is 27.7 Å². The van der Waals surface area contributed by atoms with Gasteiger partial charge >= 0.3 is 0 Å². The molecular formula is C21H30O4. The molecule has 0 amide bonds. The first-order valence-corrected chi connectivity index (χ1v) is 9.28. The molecule has 1 aromatic carbocycles. The van der Waals surface area contributed by atoms with Crippen LogP contribution in [-0.2, 0) is 16.6 Å². The van der Waals surface area contributed by atoms with Gasteiger partial charge in [-0.25, -0.2) is 0 Å². The number of hydrogen-bond donors (Lipinski definition) is 2. The Hall–Kier alpha value is -1.55. The highest BCUT2D eigenvalue weighted by Crippen LogP contribution is 2.59. The van der Waals surface area contributed by atoms with Gasteiger partial charge in [0.25, 0.3) is 0 Å². The second kappa shape index (κ2) is 6.01. The van der Waals surface area contributed by atoms with Crippen LogP contribution in [-0.4, -0.2) is 29.7 Å². The number of carbonyl (C=O) groups excluding carboxylic acids is 1. The molecule has 0 saturated heterocycles. The molecule has 0 bridgehead atoms. The summed E-state index contributed by atoms with van der Waals surface area (Å²) in [5.41, 5.74) is 1.97. The molecule has 2 aliphatic carbocycles. The number of phenolic OH excluding ortho intramolecular Hbond substituents is 1. The van der Waals surface area contributed by atoms with E-state index in [9.17, 15) is 15.0 Å². The maximum Gasteiger partial charge on any atom is 0.141 e. The van der Waals surface area contributed by atoms with E-state index in [1.165, 1.54) is 0 Å². The summed E-state index contributed by atoms with van der Waals surface area (Å²) in [6.45, 7) is 8.09. The van der Waals surface area contributed by atoms with Crippen molar-refractivity contribution in [2.75, 3.05) is 13.7 Å². The van der Waals surface area contributed by atoms with Crippen LogP contribution in [0.4, 0.5) is 0 Å². The van der Waals surface area contributed by atoms with E-state index in [2.05, 4.69) is 20.8 Å². The lowest BCUT2D eigenvalue weighted by Crippen LogP contribution is -2.55. The number of phenols is 1. The molecule has 0 aromatic heterocycles. The number of carbonyl (C=O) groups is 1. The van der Waals surface area contributed by atoms with Gasteiger partial charge in [-0.05, 0) is 37.2 Å². The molecule has 4 heteroatoms. The Morgan fingerprint density at radius 1 is 1.32 bits per heavy atom. The van der Waals surface area contributed by atoms with Gasteiger partial charge in [0.15, 0.2) is 0 Å². The predicted molar refractivity (Wildman–Crippen MR) is 97.3 cm³/mol. The summed E-state index contributed by atoms with van der Waals surface area (Å²) in [5.74, 6) is 1.61. The van der Waals surface area contributed by atoms with Gasteiger partial charge in [0.05, 0.1) is 19.1 Å². The predicted octanol–water partition coefficient (Wildman–Crippen LogP) is 3.71. The summed E-state index contributed by atoms with van der Waals surface area (Å²) >= 11 is 0. The molecule has 25 heavy (non-hydrogen) atoms. The second-order valence-electron chi connectivity index (χ2n) is 8.53. The Balaban J connectivity index is 2.24. The molecule has 3 atom stereocenters. The monoisotopic (exact) mass is 346 g/mol. The van der Waals surface area contributed by atoms with Crippen LogP contribution in [0.1, 0.15) is 69.6 Å². The van der Waals surface area contributed by atoms with Crippen LogP contribution in [0.15, 0.2) is 6.07 Å². The van der Waals surface area contributed by atoms with Gasteiger partial charge in [0, 0.05) is 28.5 Å². The minimum Gasteiger partial charge on any atom is -0.508 e. The third-order valence-electron chi connectivity index (χ3n) is 6.84. The van der Waals surface area contributed by atoms with Gasteiger partial charge in [-0.3, -0.25) is 4.79 Å². The molecule has 0 aliphatic heterocycles. The molecule has 0 unspecified atom stereocenters. The van der Waals surface area contributed by atoms with E-state index in [1.807, 2.05) is 13.0 Å². The van der Waals surface area contributed by atoms with Crippen molar-refractivity contribution in [1.82, 2.24) is 0 Å². The standard InChI is InChI=1S/C21H30O4/c1-12(2)14-10-15(23)18-13(19(14)25-5)6-7-16-20(18,3)9-8-17(24)21(16,4)11-22/h10,12,16,22-23H,6-9,11H2,1-5H3/t16-,20-,21+/m1/s1. The topological polar surface area (TPSA) is 66.8 Å². The Morgan fingerprint density at radius 2 is 2.00 bits per heavy atom. The van der Waals surface area contributed by atoms with E-state index >= 15 is 0 Å². The molecule has 3 rings (SSSR count). The summed E-state index contributed by atoms with van der Waals surface area (Å²) in [5, 5.41) is 20.9. The van der Waals surface area contributed by atoms with Crippen LogP contribution in [0, 0.1) is 11.3 Å². The lowest BCUT2D eigenvalue weighted by atomic mass is 9.49. The first-order valence-electron chi connectivity index (χ1n) is 9.28. The molecular weight excluding hydrogens is 316 g/mol. The van der Waals surface area contributed by atoms with E-state index in [4.69, 9.17) is 4.74 Å². The van der Waals surface area contributed by atoms with Crippen molar-refractivity contribution in [2.24, 2.45) is 11.3 Å². The number of hydrogen-bond acceptors (Lipinski definition) is 4. The normalized spacial score (nSPS) is 31.6. The van der Waals surface area contributed by atoms with Gasteiger partial charge in [0.1, 0.15) is 17.3 Å². The molecule has 138 valence electrons. The molecule has 4 nitrogen and oxygen atoms in total. The molecule has 0 heterocycles. The lowest BCUT2D eigenvalue weighted by Gasteiger charge is -2.54. The van der Waals surface area contributed by atoms with Crippen molar-refractivity contribution in [3.63, 3.8) is 0 Å². The number of rotatable bonds is 3.